The van der Waals surface area contributed by atoms with Crippen molar-refractivity contribution in [1.82, 2.24) is 15.4 Å². The molecule has 1 amide bonds. The second kappa shape index (κ2) is 9.51. The topological polar surface area (TPSA) is 58.4 Å². The summed E-state index contributed by atoms with van der Waals surface area (Å²) in [6, 6.07) is 16.0. The van der Waals surface area contributed by atoms with Gasteiger partial charge >= 0.3 is 0 Å². The normalized spacial score (nSPS) is 12.4. The van der Waals surface area contributed by atoms with Crippen LogP contribution in [0, 0.1) is 0 Å². The van der Waals surface area contributed by atoms with Crippen molar-refractivity contribution in [3.63, 3.8) is 0 Å². The van der Waals surface area contributed by atoms with Gasteiger partial charge in [-0.1, -0.05) is 55.4 Å². The smallest absolute Gasteiger partial charge is 0.273 e. The SMILES string of the molecule is CCN(CC)CCCC(C)NC(=O)c1cc(-c2ccc3ccccc3c2)on1. The second-order valence-corrected chi connectivity index (χ2v) is 7.18. The number of aromatic nitrogens is 1. The van der Waals surface area contributed by atoms with E-state index in [-0.39, 0.29) is 11.9 Å². The molecule has 0 spiro atoms. The molecular weight excluding hydrogens is 350 g/mol. The number of hydrogen-bond acceptors (Lipinski definition) is 4. The minimum Gasteiger partial charge on any atom is -0.355 e. The minimum absolute atomic E-state index is 0.101. The highest BCUT2D eigenvalue weighted by atomic mass is 16.5. The predicted octanol–water partition coefficient (Wildman–Crippen LogP) is 4.74. The molecule has 0 aliphatic rings. The fraction of sp³-hybridized carbons (Fsp3) is 0.391. The lowest BCUT2D eigenvalue weighted by atomic mass is 10.1. The highest BCUT2D eigenvalue weighted by Gasteiger charge is 2.16. The summed E-state index contributed by atoms with van der Waals surface area (Å²) >= 11 is 0. The third-order valence-electron chi connectivity index (χ3n) is 5.16. The summed E-state index contributed by atoms with van der Waals surface area (Å²) in [7, 11) is 0. The largest absolute Gasteiger partial charge is 0.355 e. The molecule has 28 heavy (non-hydrogen) atoms. The van der Waals surface area contributed by atoms with Gasteiger partial charge in [-0.05, 0) is 56.2 Å². The van der Waals surface area contributed by atoms with Crippen molar-refractivity contribution in [1.29, 1.82) is 0 Å². The molecule has 0 saturated heterocycles. The molecule has 0 aliphatic carbocycles. The van der Waals surface area contributed by atoms with Gasteiger partial charge in [0.25, 0.3) is 5.91 Å². The molecule has 1 heterocycles. The first-order chi connectivity index (χ1) is 13.6. The van der Waals surface area contributed by atoms with E-state index in [1.165, 1.54) is 5.39 Å². The Morgan fingerprint density at radius 1 is 1.11 bits per heavy atom. The molecule has 5 nitrogen and oxygen atoms in total. The van der Waals surface area contributed by atoms with E-state index in [1.807, 2.05) is 37.3 Å². The predicted molar refractivity (Wildman–Crippen MR) is 113 cm³/mol. The monoisotopic (exact) mass is 379 g/mol. The molecule has 0 bridgehead atoms. The highest BCUT2D eigenvalue weighted by molar-refractivity contribution is 5.93. The van der Waals surface area contributed by atoms with Crippen molar-refractivity contribution < 1.29 is 9.32 Å². The van der Waals surface area contributed by atoms with Crippen LogP contribution in [0.25, 0.3) is 22.1 Å². The third-order valence-corrected chi connectivity index (χ3v) is 5.16. The van der Waals surface area contributed by atoms with E-state index in [9.17, 15) is 4.79 Å². The number of nitrogens with zero attached hydrogens (tertiary/aromatic N) is 2. The first kappa shape index (κ1) is 20.1. The Labute approximate surface area is 166 Å². The molecule has 1 aromatic heterocycles. The van der Waals surface area contributed by atoms with Crippen molar-refractivity contribution in [3.8, 4) is 11.3 Å². The molecule has 0 radical (unpaired) electrons. The van der Waals surface area contributed by atoms with Crippen LogP contribution in [0.15, 0.2) is 53.1 Å². The van der Waals surface area contributed by atoms with Crippen molar-refractivity contribution >= 4 is 16.7 Å². The number of rotatable bonds is 9. The van der Waals surface area contributed by atoms with Gasteiger partial charge < -0.3 is 14.7 Å². The number of carbonyl (C=O) groups excluding carboxylic acids is 1. The van der Waals surface area contributed by atoms with E-state index in [2.05, 4.69) is 41.4 Å². The van der Waals surface area contributed by atoms with Crippen LogP contribution in [-0.4, -0.2) is 41.6 Å². The van der Waals surface area contributed by atoms with Crippen LogP contribution < -0.4 is 5.32 Å². The van der Waals surface area contributed by atoms with Gasteiger partial charge in [0.1, 0.15) is 0 Å². The molecule has 0 saturated carbocycles. The quantitative estimate of drug-likeness (QED) is 0.584. The lowest BCUT2D eigenvalue weighted by molar-refractivity contribution is 0.0928. The number of carbonyl (C=O) groups is 1. The lowest BCUT2D eigenvalue weighted by Crippen LogP contribution is -2.33. The Bertz CT molecular complexity index is 915. The molecule has 2 aromatic carbocycles. The molecule has 148 valence electrons. The van der Waals surface area contributed by atoms with Crippen LogP contribution in [0.2, 0.25) is 0 Å². The molecule has 1 N–H and O–H groups in total. The minimum atomic E-state index is -0.189. The van der Waals surface area contributed by atoms with Crippen LogP contribution in [0.4, 0.5) is 0 Å². The van der Waals surface area contributed by atoms with Gasteiger partial charge in [-0.3, -0.25) is 4.79 Å². The molecule has 0 aliphatic heterocycles. The number of fused-ring (bicyclic) bond motifs is 1. The zero-order valence-electron chi connectivity index (χ0n) is 16.9. The molecule has 5 heteroatoms. The zero-order valence-corrected chi connectivity index (χ0v) is 16.9. The van der Waals surface area contributed by atoms with E-state index in [0.717, 1.165) is 43.4 Å². The summed E-state index contributed by atoms with van der Waals surface area (Å²) in [4.78, 5) is 14.9. The van der Waals surface area contributed by atoms with Gasteiger partial charge in [0, 0.05) is 17.7 Å². The summed E-state index contributed by atoms with van der Waals surface area (Å²) in [5.41, 5.74) is 1.23. The van der Waals surface area contributed by atoms with E-state index in [1.54, 1.807) is 6.07 Å². The first-order valence-corrected chi connectivity index (χ1v) is 10.1. The number of hydrogen-bond donors (Lipinski definition) is 1. The van der Waals surface area contributed by atoms with Crippen LogP contribution in [0.1, 0.15) is 44.1 Å². The van der Waals surface area contributed by atoms with E-state index in [4.69, 9.17) is 4.52 Å². The summed E-state index contributed by atoms with van der Waals surface area (Å²) in [5.74, 6) is 0.413. The van der Waals surface area contributed by atoms with Crippen molar-refractivity contribution in [2.24, 2.45) is 0 Å². The zero-order chi connectivity index (χ0) is 19.9. The summed E-state index contributed by atoms with van der Waals surface area (Å²) < 4.78 is 5.43. The van der Waals surface area contributed by atoms with E-state index in [0.29, 0.717) is 11.5 Å². The maximum Gasteiger partial charge on any atom is 0.273 e. The van der Waals surface area contributed by atoms with Gasteiger partial charge in [0.2, 0.25) is 0 Å². The van der Waals surface area contributed by atoms with Crippen LogP contribution >= 0.6 is 0 Å². The van der Waals surface area contributed by atoms with Gasteiger partial charge in [0.15, 0.2) is 11.5 Å². The maximum atomic E-state index is 12.5. The Morgan fingerprint density at radius 3 is 2.61 bits per heavy atom. The molecule has 3 rings (SSSR count). The van der Waals surface area contributed by atoms with Crippen molar-refractivity contribution in [3.05, 3.63) is 54.2 Å². The van der Waals surface area contributed by atoms with Crippen molar-refractivity contribution in [2.45, 2.75) is 39.7 Å². The van der Waals surface area contributed by atoms with E-state index >= 15 is 0 Å². The average molecular weight is 380 g/mol. The number of benzene rings is 2. The summed E-state index contributed by atoms with van der Waals surface area (Å²) in [6.07, 6.45) is 2.00. The fourth-order valence-electron chi connectivity index (χ4n) is 3.39. The Morgan fingerprint density at radius 2 is 1.86 bits per heavy atom. The standard InChI is InChI=1S/C23H29N3O2/c1-4-26(5-2)14-8-9-17(3)24-23(27)21-16-22(28-25-21)20-13-12-18-10-6-7-11-19(18)15-20/h6-7,10-13,15-17H,4-5,8-9,14H2,1-3H3,(H,24,27). The van der Waals surface area contributed by atoms with Gasteiger partial charge in [-0.15, -0.1) is 0 Å². The lowest BCUT2D eigenvalue weighted by Gasteiger charge is -2.19. The van der Waals surface area contributed by atoms with Gasteiger partial charge in [-0.2, -0.15) is 0 Å². The molecule has 3 aromatic rings. The Kier molecular flexibility index (Phi) is 6.82. The van der Waals surface area contributed by atoms with Gasteiger partial charge in [0.05, 0.1) is 0 Å². The Hall–Kier alpha value is -2.66. The molecule has 1 unspecified atom stereocenters. The summed E-state index contributed by atoms with van der Waals surface area (Å²) in [5, 5.41) is 9.28. The Balaban J connectivity index is 1.58. The number of amides is 1. The van der Waals surface area contributed by atoms with Crippen LogP contribution in [0.3, 0.4) is 0 Å². The maximum absolute atomic E-state index is 12.5. The average Bonchev–Trinajstić information content (AvgIpc) is 3.21. The van der Waals surface area contributed by atoms with Crippen molar-refractivity contribution in [2.75, 3.05) is 19.6 Å². The van der Waals surface area contributed by atoms with E-state index < -0.39 is 0 Å². The fourth-order valence-corrected chi connectivity index (χ4v) is 3.39. The van der Waals surface area contributed by atoms with Gasteiger partial charge in [-0.25, -0.2) is 0 Å². The molecule has 1 atom stereocenters. The molecule has 0 fully saturated rings. The van der Waals surface area contributed by atoms with Crippen LogP contribution in [-0.2, 0) is 0 Å². The first-order valence-electron chi connectivity index (χ1n) is 10.1. The van der Waals surface area contributed by atoms with Crippen LogP contribution in [0.5, 0.6) is 0 Å². The molecular formula is C23H29N3O2. The second-order valence-electron chi connectivity index (χ2n) is 7.18. The summed E-state index contributed by atoms with van der Waals surface area (Å²) in [6.45, 7) is 9.56. The number of nitrogens with one attached hydrogen (secondary N) is 1. The third kappa shape index (κ3) is 4.98. The highest BCUT2D eigenvalue weighted by Crippen LogP contribution is 2.25.